The fourth-order valence-corrected chi connectivity index (χ4v) is 2.22. The Morgan fingerprint density at radius 1 is 1.09 bits per heavy atom. The molecule has 0 atom stereocenters. The minimum Gasteiger partial charge on any atom is -0.496 e. The lowest BCUT2D eigenvalue weighted by Gasteiger charge is -2.11. The average molecular weight is 313 g/mol. The van der Waals surface area contributed by atoms with Gasteiger partial charge in [0.05, 0.1) is 26.2 Å². The van der Waals surface area contributed by atoms with Gasteiger partial charge in [-0.25, -0.2) is 4.79 Å². The van der Waals surface area contributed by atoms with Crippen LogP contribution in [0.5, 0.6) is 5.75 Å². The number of carbonyl (C=O) groups excluding carboxylic acids is 2. The predicted molar refractivity (Wildman–Crippen MR) is 87.8 cm³/mol. The fraction of sp³-hybridized carbons (Fsp3) is 0.222. The monoisotopic (exact) mass is 313 g/mol. The molecule has 5 nitrogen and oxygen atoms in total. The van der Waals surface area contributed by atoms with E-state index in [0.29, 0.717) is 17.0 Å². The number of benzene rings is 2. The van der Waals surface area contributed by atoms with Crippen LogP contribution >= 0.6 is 0 Å². The van der Waals surface area contributed by atoms with E-state index < -0.39 is 5.97 Å². The second kappa shape index (κ2) is 7.45. The second-order valence-electron chi connectivity index (χ2n) is 5.06. The van der Waals surface area contributed by atoms with Gasteiger partial charge in [-0.2, -0.15) is 0 Å². The van der Waals surface area contributed by atoms with Crippen LogP contribution in [0.15, 0.2) is 42.5 Å². The van der Waals surface area contributed by atoms with E-state index >= 15 is 0 Å². The summed E-state index contributed by atoms with van der Waals surface area (Å²) in [6, 6.07) is 12.4. The number of hydrogen-bond acceptors (Lipinski definition) is 4. The fourth-order valence-electron chi connectivity index (χ4n) is 2.22. The van der Waals surface area contributed by atoms with Crippen LogP contribution in [0.4, 0.5) is 5.69 Å². The van der Waals surface area contributed by atoms with Gasteiger partial charge in [0.2, 0.25) is 5.91 Å². The Balaban J connectivity index is 2.15. The van der Waals surface area contributed by atoms with E-state index in [1.165, 1.54) is 7.11 Å². The lowest BCUT2D eigenvalue weighted by atomic mass is 10.1. The third-order valence-corrected chi connectivity index (χ3v) is 3.48. The number of methoxy groups -OCH3 is 2. The summed E-state index contributed by atoms with van der Waals surface area (Å²) in [7, 11) is 2.89. The number of anilines is 1. The Morgan fingerprint density at radius 2 is 1.83 bits per heavy atom. The van der Waals surface area contributed by atoms with E-state index in [4.69, 9.17) is 9.47 Å². The van der Waals surface area contributed by atoms with Crippen molar-refractivity contribution >= 4 is 17.6 Å². The first-order valence-electron chi connectivity index (χ1n) is 7.16. The smallest absolute Gasteiger partial charge is 0.337 e. The summed E-state index contributed by atoms with van der Waals surface area (Å²) >= 11 is 0. The minimum absolute atomic E-state index is 0.181. The van der Waals surface area contributed by atoms with Crippen molar-refractivity contribution in [1.82, 2.24) is 0 Å². The van der Waals surface area contributed by atoms with Crippen molar-refractivity contribution in [3.8, 4) is 5.75 Å². The topological polar surface area (TPSA) is 64.6 Å². The number of carbonyl (C=O) groups is 2. The zero-order valence-electron chi connectivity index (χ0n) is 13.4. The first kappa shape index (κ1) is 16.5. The van der Waals surface area contributed by atoms with Crippen molar-refractivity contribution in [2.45, 2.75) is 13.3 Å². The lowest BCUT2D eigenvalue weighted by molar-refractivity contribution is -0.115. The number of aryl methyl sites for hydroxylation is 1. The highest BCUT2D eigenvalue weighted by molar-refractivity contribution is 5.96. The van der Waals surface area contributed by atoms with Crippen molar-refractivity contribution in [3.63, 3.8) is 0 Å². The van der Waals surface area contributed by atoms with Gasteiger partial charge in [0, 0.05) is 11.3 Å². The highest BCUT2D eigenvalue weighted by Gasteiger charge is 2.12. The summed E-state index contributed by atoms with van der Waals surface area (Å²) in [4.78, 5) is 23.9. The average Bonchev–Trinajstić information content (AvgIpc) is 2.56. The Kier molecular flexibility index (Phi) is 5.36. The Bertz CT molecular complexity index is 725. The number of rotatable bonds is 5. The van der Waals surface area contributed by atoms with Crippen LogP contribution in [-0.2, 0) is 16.0 Å². The van der Waals surface area contributed by atoms with Crippen LogP contribution in [0.25, 0.3) is 0 Å². The molecular weight excluding hydrogens is 294 g/mol. The van der Waals surface area contributed by atoms with E-state index in [0.717, 1.165) is 11.1 Å². The molecule has 0 unspecified atom stereocenters. The maximum absolute atomic E-state index is 12.3. The molecule has 2 rings (SSSR count). The van der Waals surface area contributed by atoms with Gasteiger partial charge < -0.3 is 14.8 Å². The van der Waals surface area contributed by atoms with Gasteiger partial charge in [0.1, 0.15) is 5.75 Å². The van der Waals surface area contributed by atoms with Crippen molar-refractivity contribution in [1.29, 1.82) is 0 Å². The molecule has 0 saturated heterocycles. The van der Waals surface area contributed by atoms with Gasteiger partial charge in [0.15, 0.2) is 0 Å². The lowest BCUT2D eigenvalue weighted by Crippen LogP contribution is -2.16. The molecule has 23 heavy (non-hydrogen) atoms. The summed E-state index contributed by atoms with van der Waals surface area (Å²) < 4.78 is 9.94. The van der Waals surface area contributed by atoms with E-state index in [-0.39, 0.29) is 12.3 Å². The molecule has 0 radical (unpaired) electrons. The summed E-state index contributed by atoms with van der Waals surface area (Å²) in [6.07, 6.45) is 0.186. The van der Waals surface area contributed by atoms with E-state index in [9.17, 15) is 9.59 Å². The number of hydrogen-bond donors (Lipinski definition) is 1. The summed E-state index contributed by atoms with van der Waals surface area (Å²) in [5.74, 6) is 0.0486. The Morgan fingerprint density at radius 3 is 2.52 bits per heavy atom. The predicted octanol–water partition coefficient (Wildman–Crippen LogP) is 2.97. The molecular formula is C18H19NO4. The summed E-state index contributed by atoms with van der Waals surface area (Å²) in [5, 5.41) is 2.83. The SMILES string of the molecule is COC(=O)c1ccc(C)c(NC(=O)Cc2ccccc2OC)c1. The van der Waals surface area contributed by atoms with Crippen molar-refractivity contribution < 1.29 is 19.1 Å². The van der Waals surface area contributed by atoms with Gasteiger partial charge in [-0.05, 0) is 30.7 Å². The number of esters is 1. The Labute approximate surface area is 135 Å². The van der Waals surface area contributed by atoms with Gasteiger partial charge in [-0.3, -0.25) is 4.79 Å². The molecule has 1 N–H and O–H groups in total. The molecule has 0 spiro atoms. The standard InChI is InChI=1S/C18H19NO4/c1-12-8-9-14(18(21)23-3)10-15(12)19-17(20)11-13-6-4-5-7-16(13)22-2/h4-10H,11H2,1-3H3,(H,19,20). The molecule has 0 aromatic heterocycles. The van der Waals surface area contributed by atoms with Gasteiger partial charge >= 0.3 is 5.97 Å². The molecule has 0 aliphatic carbocycles. The van der Waals surface area contributed by atoms with Crippen LogP contribution in [-0.4, -0.2) is 26.1 Å². The largest absolute Gasteiger partial charge is 0.496 e. The second-order valence-corrected chi connectivity index (χ2v) is 5.06. The van der Waals surface area contributed by atoms with Crippen molar-refractivity contribution in [3.05, 3.63) is 59.2 Å². The molecule has 0 fully saturated rings. The number of para-hydroxylation sites is 1. The molecule has 0 heterocycles. The quantitative estimate of drug-likeness (QED) is 0.862. The molecule has 0 aliphatic heterocycles. The summed E-state index contributed by atoms with van der Waals surface area (Å²) in [5.41, 5.74) is 2.65. The van der Waals surface area contributed by atoms with Crippen LogP contribution in [0, 0.1) is 6.92 Å². The molecule has 0 aliphatic rings. The summed E-state index contributed by atoms with van der Waals surface area (Å²) in [6.45, 7) is 1.86. The van der Waals surface area contributed by atoms with Gasteiger partial charge in [-0.1, -0.05) is 24.3 Å². The van der Waals surface area contributed by atoms with Crippen LogP contribution < -0.4 is 10.1 Å². The van der Waals surface area contributed by atoms with Gasteiger partial charge in [0.25, 0.3) is 0 Å². The number of ether oxygens (including phenoxy) is 2. The number of amides is 1. The molecule has 2 aromatic carbocycles. The maximum atomic E-state index is 12.3. The van der Waals surface area contributed by atoms with Gasteiger partial charge in [-0.15, -0.1) is 0 Å². The molecule has 1 amide bonds. The number of nitrogens with one attached hydrogen (secondary N) is 1. The van der Waals surface area contributed by atoms with E-state index in [2.05, 4.69) is 5.32 Å². The first-order valence-corrected chi connectivity index (χ1v) is 7.16. The normalized spacial score (nSPS) is 10.0. The molecule has 2 aromatic rings. The first-order chi connectivity index (χ1) is 11.0. The van der Waals surface area contributed by atoms with Crippen molar-refractivity contribution in [2.75, 3.05) is 19.5 Å². The van der Waals surface area contributed by atoms with Crippen LogP contribution in [0.1, 0.15) is 21.5 Å². The van der Waals surface area contributed by atoms with Crippen LogP contribution in [0.2, 0.25) is 0 Å². The third kappa shape index (κ3) is 4.10. The van der Waals surface area contributed by atoms with E-state index in [1.807, 2.05) is 31.2 Å². The van der Waals surface area contributed by atoms with Crippen LogP contribution in [0.3, 0.4) is 0 Å². The zero-order chi connectivity index (χ0) is 16.8. The highest BCUT2D eigenvalue weighted by atomic mass is 16.5. The zero-order valence-corrected chi connectivity index (χ0v) is 13.4. The molecule has 5 heteroatoms. The Hall–Kier alpha value is -2.82. The van der Waals surface area contributed by atoms with E-state index in [1.54, 1.807) is 25.3 Å². The maximum Gasteiger partial charge on any atom is 0.337 e. The third-order valence-electron chi connectivity index (χ3n) is 3.48. The highest BCUT2D eigenvalue weighted by Crippen LogP contribution is 2.20. The molecule has 0 bridgehead atoms. The van der Waals surface area contributed by atoms with Crippen molar-refractivity contribution in [2.24, 2.45) is 0 Å². The molecule has 0 saturated carbocycles. The minimum atomic E-state index is -0.440. The molecule has 120 valence electrons.